The van der Waals surface area contributed by atoms with Crippen molar-refractivity contribution in [2.45, 2.75) is 6.92 Å². The first kappa shape index (κ1) is 17.3. The molecule has 1 N–H and O–H groups in total. The first-order chi connectivity index (χ1) is 11.3. The van der Waals surface area contributed by atoms with Gasteiger partial charge in [0.1, 0.15) is 17.0 Å². The molecule has 7 nitrogen and oxygen atoms in total. The van der Waals surface area contributed by atoms with E-state index in [-0.39, 0.29) is 11.3 Å². The van der Waals surface area contributed by atoms with E-state index >= 15 is 0 Å². The molecule has 0 aliphatic carbocycles. The quantitative estimate of drug-likeness (QED) is 0.520. The number of ketones is 1. The maximum absolute atomic E-state index is 12.2. The van der Waals surface area contributed by atoms with Crippen molar-refractivity contribution in [1.29, 1.82) is 0 Å². The lowest BCUT2D eigenvalue weighted by atomic mass is 10.1. The maximum Gasteiger partial charge on any atom is 0.354 e. The number of carbonyl (C=O) groups excluding carboxylic acids is 2. The van der Waals surface area contributed by atoms with Crippen LogP contribution in [0.15, 0.2) is 29.2 Å². The summed E-state index contributed by atoms with van der Waals surface area (Å²) in [6.07, 6.45) is 4.29. The smallest absolute Gasteiger partial charge is 0.354 e. The molecule has 0 aromatic carbocycles. The second-order valence-corrected chi connectivity index (χ2v) is 5.37. The van der Waals surface area contributed by atoms with Crippen LogP contribution >= 0.6 is 0 Å². The first-order valence-corrected chi connectivity index (χ1v) is 7.13. The zero-order chi connectivity index (χ0) is 18.0. The lowest BCUT2D eigenvalue weighted by Crippen LogP contribution is -2.25. The van der Waals surface area contributed by atoms with Gasteiger partial charge in [0.25, 0.3) is 5.56 Å². The van der Waals surface area contributed by atoms with Crippen LogP contribution in [0, 0.1) is 6.92 Å². The highest BCUT2D eigenvalue weighted by molar-refractivity contribution is 6.08. The predicted octanol–water partition coefficient (Wildman–Crippen LogP) is 1.42. The molecular weight excluding hydrogens is 312 g/mol. The van der Waals surface area contributed by atoms with Gasteiger partial charge < -0.3 is 19.0 Å². The van der Waals surface area contributed by atoms with Gasteiger partial charge >= 0.3 is 5.97 Å². The number of methoxy groups -OCH3 is 1. The molecule has 2 heterocycles. The Labute approximate surface area is 138 Å². The van der Waals surface area contributed by atoms with Gasteiger partial charge in [-0.1, -0.05) is 0 Å². The lowest BCUT2D eigenvalue weighted by Gasteiger charge is -2.07. The Morgan fingerprint density at radius 1 is 1.25 bits per heavy atom. The predicted molar refractivity (Wildman–Crippen MR) is 88.2 cm³/mol. The molecule has 0 aliphatic heterocycles. The summed E-state index contributed by atoms with van der Waals surface area (Å²) < 4.78 is 7.51. The van der Waals surface area contributed by atoms with Gasteiger partial charge in [-0.25, -0.2) is 4.79 Å². The number of aryl methyl sites for hydroxylation is 2. The number of aromatic hydroxyl groups is 1. The van der Waals surface area contributed by atoms with Crippen molar-refractivity contribution in [2.75, 3.05) is 7.11 Å². The Kier molecular flexibility index (Phi) is 4.73. The van der Waals surface area contributed by atoms with Gasteiger partial charge in [-0.3, -0.25) is 9.59 Å². The van der Waals surface area contributed by atoms with Crippen LogP contribution in [0.3, 0.4) is 0 Å². The highest BCUT2D eigenvalue weighted by atomic mass is 16.5. The maximum atomic E-state index is 12.2. The molecule has 0 radical (unpaired) electrons. The Morgan fingerprint density at radius 2 is 1.92 bits per heavy atom. The van der Waals surface area contributed by atoms with Gasteiger partial charge in [-0.15, -0.1) is 0 Å². The molecule has 2 aromatic rings. The van der Waals surface area contributed by atoms with E-state index in [0.717, 1.165) is 0 Å². The summed E-state index contributed by atoms with van der Waals surface area (Å²) in [6.45, 7) is 1.66. The summed E-state index contributed by atoms with van der Waals surface area (Å²) in [6, 6.07) is 2.92. The summed E-state index contributed by atoms with van der Waals surface area (Å²) >= 11 is 0. The highest BCUT2D eigenvalue weighted by Gasteiger charge is 2.16. The molecule has 0 saturated carbocycles. The van der Waals surface area contributed by atoms with Crippen LogP contribution in [0.25, 0.3) is 6.08 Å². The zero-order valence-corrected chi connectivity index (χ0v) is 13.9. The number of aromatic nitrogens is 2. The monoisotopic (exact) mass is 330 g/mol. The third-order valence-corrected chi connectivity index (χ3v) is 3.74. The molecule has 2 rings (SSSR count). The van der Waals surface area contributed by atoms with Crippen LogP contribution in [0.4, 0.5) is 0 Å². The fourth-order valence-corrected chi connectivity index (χ4v) is 2.28. The standard InChI is InChI=1S/C17H18N2O5/c1-10-7-14(21)15(16(22)19(10)3)13(20)6-5-11-8-12(17(23)24-4)18(2)9-11/h5-9,21H,1-4H3/b6-5+. The Balaban J connectivity index is 2.34. The van der Waals surface area contributed by atoms with E-state index in [0.29, 0.717) is 17.0 Å². The minimum Gasteiger partial charge on any atom is -0.507 e. The molecule has 0 unspecified atom stereocenters. The fourth-order valence-electron chi connectivity index (χ4n) is 2.28. The molecule has 0 atom stereocenters. The largest absolute Gasteiger partial charge is 0.507 e. The third-order valence-electron chi connectivity index (χ3n) is 3.74. The number of nitrogens with zero attached hydrogens (tertiary/aromatic N) is 2. The van der Waals surface area contributed by atoms with Crippen LogP contribution in [0.5, 0.6) is 5.75 Å². The average molecular weight is 330 g/mol. The van der Waals surface area contributed by atoms with Gasteiger partial charge in [-0.05, 0) is 30.7 Å². The molecule has 7 heteroatoms. The molecule has 0 saturated heterocycles. The number of allylic oxidation sites excluding steroid dienone is 1. The Morgan fingerprint density at radius 3 is 2.54 bits per heavy atom. The Hall–Kier alpha value is -3.09. The van der Waals surface area contributed by atoms with E-state index in [4.69, 9.17) is 0 Å². The molecule has 24 heavy (non-hydrogen) atoms. The Bertz CT molecular complexity index is 902. The third kappa shape index (κ3) is 3.15. The number of carbonyl (C=O) groups is 2. The van der Waals surface area contributed by atoms with Crippen LogP contribution in [-0.4, -0.2) is 33.1 Å². The summed E-state index contributed by atoms with van der Waals surface area (Å²) in [5, 5.41) is 9.88. The summed E-state index contributed by atoms with van der Waals surface area (Å²) in [5.41, 5.74) is 0.617. The number of rotatable bonds is 4. The van der Waals surface area contributed by atoms with E-state index < -0.39 is 17.3 Å². The number of esters is 1. The SMILES string of the molecule is COC(=O)c1cc(/C=C/C(=O)c2c(O)cc(C)n(C)c2=O)cn1C. The average Bonchev–Trinajstić information content (AvgIpc) is 2.91. The summed E-state index contributed by atoms with van der Waals surface area (Å²) in [4.78, 5) is 35.9. The van der Waals surface area contributed by atoms with Gasteiger partial charge in [-0.2, -0.15) is 0 Å². The van der Waals surface area contributed by atoms with Crippen LogP contribution in [0.2, 0.25) is 0 Å². The minimum atomic E-state index is -0.614. The minimum absolute atomic E-state index is 0.288. The van der Waals surface area contributed by atoms with Crippen molar-refractivity contribution in [2.24, 2.45) is 14.1 Å². The lowest BCUT2D eigenvalue weighted by molar-refractivity contribution is 0.0590. The first-order valence-electron chi connectivity index (χ1n) is 7.13. The van der Waals surface area contributed by atoms with Crippen molar-refractivity contribution < 1.29 is 19.4 Å². The fraction of sp³-hybridized carbons (Fsp3) is 0.235. The molecule has 0 aliphatic rings. The molecule has 0 amide bonds. The molecule has 0 spiro atoms. The van der Waals surface area contributed by atoms with Crippen LogP contribution in [-0.2, 0) is 18.8 Å². The van der Waals surface area contributed by atoms with E-state index in [2.05, 4.69) is 4.74 Å². The number of hydrogen-bond acceptors (Lipinski definition) is 5. The van der Waals surface area contributed by atoms with Crippen molar-refractivity contribution in [1.82, 2.24) is 9.13 Å². The van der Waals surface area contributed by atoms with Gasteiger partial charge in [0, 0.05) is 32.1 Å². The van der Waals surface area contributed by atoms with Crippen molar-refractivity contribution >= 4 is 17.8 Å². The molecule has 2 aromatic heterocycles. The number of ether oxygens (including phenoxy) is 1. The van der Waals surface area contributed by atoms with Gasteiger partial charge in [0.2, 0.25) is 0 Å². The van der Waals surface area contributed by atoms with Crippen LogP contribution < -0.4 is 5.56 Å². The topological polar surface area (TPSA) is 90.5 Å². The highest BCUT2D eigenvalue weighted by Crippen LogP contribution is 2.16. The van der Waals surface area contributed by atoms with Crippen molar-refractivity contribution in [3.63, 3.8) is 0 Å². The van der Waals surface area contributed by atoms with Crippen molar-refractivity contribution in [3.05, 3.63) is 57.3 Å². The normalized spacial score (nSPS) is 11.0. The van der Waals surface area contributed by atoms with Gasteiger partial charge in [0.15, 0.2) is 5.78 Å². The molecule has 126 valence electrons. The second-order valence-electron chi connectivity index (χ2n) is 5.37. The summed E-state index contributed by atoms with van der Waals surface area (Å²) in [5.74, 6) is -1.46. The van der Waals surface area contributed by atoms with Crippen LogP contribution in [0.1, 0.15) is 32.1 Å². The van der Waals surface area contributed by atoms with E-state index in [1.54, 1.807) is 30.8 Å². The van der Waals surface area contributed by atoms with Gasteiger partial charge in [0.05, 0.1) is 7.11 Å². The number of hydrogen-bond donors (Lipinski definition) is 1. The number of pyridine rings is 1. The summed E-state index contributed by atoms with van der Waals surface area (Å²) in [7, 11) is 4.48. The van der Waals surface area contributed by atoms with E-state index in [1.807, 2.05) is 0 Å². The van der Waals surface area contributed by atoms with E-state index in [9.17, 15) is 19.5 Å². The zero-order valence-electron chi connectivity index (χ0n) is 13.9. The molecule has 0 bridgehead atoms. The second kappa shape index (κ2) is 6.57. The van der Waals surface area contributed by atoms with E-state index in [1.165, 1.54) is 36.9 Å². The molecule has 0 fully saturated rings. The molecular formula is C17H18N2O5. The van der Waals surface area contributed by atoms with Crippen molar-refractivity contribution in [3.8, 4) is 5.75 Å².